The van der Waals surface area contributed by atoms with E-state index in [1.165, 1.54) is 6.92 Å². The summed E-state index contributed by atoms with van der Waals surface area (Å²) in [4.78, 5) is 50.4. The Morgan fingerprint density at radius 3 is 1.87 bits per heavy atom. The average molecular weight is 536 g/mol. The van der Waals surface area contributed by atoms with Gasteiger partial charge in [0, 0.05) is 25.7 Å². The molecular formula is C28H41NO9. The van der Waals surface area contributed by atoms with Gasteiger partial charge in [0.15, 0.2) is 12.2 Å². The minimum atomic E-state index is -1.44. The Morgan fingerprint density at radius 1 is 0.842 bits per heavy atom. The second-order valence-corrected chi connectivity index (χ2v) is 9.87. The number of esters is 4. The molecule has 0 radical (unpaired) electrons. The third kappa shape index (κ3) is 9.40. The summed E-state index contributed by atoms with van der Waals surface area (Å²) in [5.41, 5.74) is 6.80. The van der Waals surface area contributed by atoms with E-state index in [1.807, 2.05) is 45.0 Å². The topological polar surface area (TPSA) is 140 Å². The highest BCUT2D eigenvalue weighted by Gasteiger charge is 2.50. The summed E-state index contributed by atoms with van der Waals surface area (Å²) in [6, 6.07) is 7.58. The van der Waals surface area contributed by atoms with E-state index in [0.717, 1.165) is 11.1 Å². The maximum absolute atomic E-state index is 13.2. The summed E-state index contributed by atoms with van der Waals surface area (Å²) in [6.45, 7) is 8.68. The molecule has 0 aromatic heterocycles. The number of aryl methyl sites for hydroxylation is 1. The molecule has 1 aromatic carbocycles. The second kappa shape index (κ2) is 14.8. The molecule has 5 atom stereocenters. The molecule has 0 saturated carbocycles. The third-order valence-corrected chi connectivity index (χ3v) is 5.94. The van der Waals surface area contributed by atoms with E-state index in [2.05, 4.69) is 0 Å². The van der Waals surface area contributed by atoms with Crippen molar-refractivity contribution in [3.05, 3.63) is 35.4 Å². The fraction of sp³-hybridized carbons (Fsp3) is 0.643. The van der Waals surface area contributed by atoms with E-state index in [4.69, 9.17) is 29.4 Å². The summed E-state index contributed by atoms with van der Waals surface area (Å²) < 4.78 is 28.1. The molecule has 1 aromatic rings. The van der Waals surface area contributed by atoms with Crippen LogP contribution in [0.25, 0.3) is 0 Å². The zero-order valence-electron chi connectivity index (χ0n) is 23.0. The van der Waals surface area contributed by atoms with E-state index < -0.39 is 54.0 Å². The molecule has 2 N–H and O–H groups in total. The van der Waals surface area contributed by atoms with Gasteiger partial charge >= 0.3 is 23.9 Å². The first-order chi connectivity index (χ1) is 18.0. The van der Waals surface area contributed by atoms with Crippen molar-refractivity contribution in [3.8, 4) is 0 Å². The molecule has 1 saturated heterocycles. The standard InChI is InChI=1S/C28H41NO9/c1-6-9-21(30)35-20-17-34-26(25(37-23(32)11-8-3)24(20)36-22(31)10-7-2)38-27(33)28(5,29)16-19-14-12-18(4)13-15-19/h12-15,20,24-26H,6-11,16-17,29H2,1-5H3/t20-,24+,25-,26+,28-/m1/s1. The van der Waals surface area contributed by atoms with Gasteiger partial charge in [0.2, 0.25) is 12.4 Å². The number of hydrogen-bond acceptors (Lipinski definition) is 10. The highest BCUT2D eigenvalue weighted by Crippen LogP contribution is 2.28. The molecular weight excluding hydrogens is 494 g/mol. The predicted octanol–water partition coefficient (Wildman–Crippen LogP) is 3.29. The van der Waals surface area contributed by atoms with Crippen LogP contribution in [0.5, 0.6) is 0 Å². The second-order valence-electron chi connectivity index (χ2n) is 9.87. The van der Waals surface area contributed by atoms with Crippen LogP contribution < -0.4 is 5.73 Å². The molecule has 0 amide bonds. The van der Waals surface area contributed by atoms with Crippen LogP contribution >= 0.6 is 0 Å². The smallest absolute Gasteiger partial charge is 0.328 e. The van der Waals surface area contributed by atoms with Crippen molar-refractivity contribution in [1.29, 1.82) is 0 Å². The van der Waals surface area contributed by atoms with Crippen molar-refractivity contribution < 1.29 is 42.9 Å². The first kappa shape index (κ1) is 31.2. The minimum absolute atomic E-state index is 0.0785. The molecule has 0 spiro atoms. The largest absolute Gasteiger partial charge is 0.456 e. The molecule has 1 aliphatic heterocycles. The molecule has 1 fully saturated rings. The fourth-order valence-corrected chi connectivity index (χ4v) is 3.92. The van der Waals surface area contributed by atoms with Crippen LogP contribution in [0.4, 0.5) is 0 Å². The molecule has 1 aliphatic rings. The van der Waals surface area contributed by atoms with Crippen molar-refractivity contribution in [3.63, 3.8) is 0 Å². The number of carbonyl (C=O) groups excluding carboxylic acids is 4. The minimum Gasteiger partial charge on any atom is -0.456 e. The fourth-order valence-electron chi connectivity index (χ4n) is 3.92. The lowest BCUT2D eigenvalue weighted by Gasteiger charge is -2.40. The molecule has 2 rings (SSSR count). The summed E-state index contributed by atoms with van der Waals surface area (Å²) in [5, 5.41) is 0. The van der Waals surface area contributed by atoms with Gasteiger partial charge in [-0.15, -0.1) is 0 Å². The first-order valence-electron chi connectivity index (χ1n) is 13.3. The van der Waals surface area contributed by atoms with Gasteiger partial charge in [-0.2, -0.15) is 0 Å². The quantitative estimate of drug-likeness (QED) is 0.295. The van der Waals surface area contributed by atoms with E-state index in [1.54, 1.807) is 6.92 Å². The Kier molecular flexibility index (Phi) is 12.2. The number of ether oxygens (including phenoxy) is 5. The Morgan fingerprint density at radius 2 is 1.34 bits per heavy atom. The summed E-state index contributed by atoms with van der Waals surface area (Å²) in [5.74, 6) is -2.48. The third-order valence-electron chi connectivity index (χ3n) is 5.94. The number of carbonyl (C=O) groups is 4. The van der Waals surface area contributed by atoms with Crippen LogP contribution in [0.3, 0.4) is 0 Å². The average Bonchev–Trinajstić information content (AvgIpc) is 2.84. The zero-order chi connectivity index (χ0) is 28.3. The van der Waals surface area contributed by atoms with Gasteiger partial charge in [-0.25, -0.2) is 4.79 Å². The Hall–Kier alpha value is -2.98. The van der Waals surface area contributed by atoms with Crippen LogP contribution in [0.15, 0.2) is 24.3 Å². The molecule has 0 aliphatic carbocycles. The van der Waals surface area contributed by atoms with Crippen molar-refractivity contribution >= 4 is 23.9 Å². The molecule has 0 unspecified atom stereocenters. The summed E-state index contributed by atoms with van der Waals surface area (Å²) >= 11 is 0. The maximum Gasteiger partial charge on any atom is 0.328 e. The van der Waals surface area contributed by atoms with Gasteiger partial charge in [0.1, 0.15) is 5.54 Å². The summed E-state index contributed by atoms with van der Waals surface area (Å²) in [7, 11) is 0. The van der Waals surface area contributed by atoms with Crippen molar-refractivity contribution in [2.75, 3.05) is 6.61 Å². The van der Waals surface area contributed by atoms with E-state index in [-0.39, 0.29) is 32.3 Å². The van der Waals surface area contributed by atoms with Crippen LogP contribution in [-0.4, -0.2) is 60.6 Å². The van der Waals surface area contributed by atoms with Crippen molar-refractivity contribution in [2.24, 2.45) is 5.73 Å². The number of hydrogen-bond donors (Lipinski definition) is 1. The highest BCUT2D eigenvalue weighted by molar-refractivity contribution is 5.80. The van der Waals surface area contributed by atoms with Gasteiger partial charge in [-0.05, 0) is 38.7 Å². The van der Waals surface area contributed by atoms with Crippen LogP contribution in [0.2, 0.25) is 0 Å². The van der Waals surface area contributed by atoms with Gasteiger partial charge in [-0.1, -0.05) is 50.6 Å². The lowest BCUT2D eigenvalue weighted by molar-refractivity contribution is -0.277. The van der Waals surface area contributed by atoms with E-state index >= 15 is 0 Å². The van der Waals surface area contributed by atoms with Gasteiger partial charge in [0.25, 0.3) is 0 Å². The zero-order valence-corrected chi connectivity index (χ0v) is 23.0. The maximum atomic E-state index is 13.2. The van der Waals surface area contributed by atoms with Crippen molar-refractivity contribution in [1.82, 2.24) is 0 Å². The number of nitrogens with two attached hydrogens (primary N) is 1. The van der Waals surface area contributed by atoms with Gasteiger partial charge < -0.3 is 29.4 Å². The molecule has 10 nitrogen and oxygen atoms in total. The molecule has 10 heteroatoms. The lowest BCUT2D eigenvalue weighted by atomic mass is 9.93. The molecule has 0 bridgehead atoms. The van der Waals surface area contributed by atoms with Crippen molar-refractivity contribution in [2.45, 2.75) is 110 Å². The van der Waals surface area contributed by atoms with Crippen LogP contribution in [-0.2, 0) is 49.3 Å². The van der Waals surface area contributed by atoms with Crippen LogP contribution in [0, 0.1) is 6.92 Å². The monoisotopic (exact) mass is 535 g/mol. The van der Waals surface area contributed by atoms with Gasteiger partial charge in [-0.3, -0.25) is 14.4 Å². The highest BCUT2D eigenvalue weighted by atomic mass is 16.7. The van der Waals surface area contributed by atoms with Gasteiger partial charge in [0.05, 0.1) is 6.61 Å². The molecule has 38 heavy (non-hydrogen) atoms. The Bertz CT molecular complexity index is 944. The first-order valence-corrected chi connectivity index (χ1v) is 13.3. The van der Waals surface area contributed by atoms with Crippen LogP contribution in [0.1, 0.15) is 77.3 Å². The Labute approximate surface area is 224 Å². The number of rotatable bonds is 13. The lowest BCUT2D eigenvalue weighted by Crippen LogP contribution is -2.60. The molecule has 1 heterocycles. The summed E-state index contributed by atoms with van der Waals surface area (Å²) in [6.07, 6.45) is -2.98. The SMILES string of the molecule is CCCC(=O)O[C@@H]1[C@@H](OC(=O)CCC)[C@H](OC(=O)[C@](C)(N)Cc2ccc(C)cc2)OC[C@H]1OC(=O)CCC. The predicted molar refractivity (Wildman–Crippen MR) is 138 cm³/mol. The normalized spacial score (nSPS) is 22.6. The van der Waals surface area contributed by atoms with E-state index in [0.29, 0.717) is 19.3 Å². The van der Waals surface area contributed by atoms with E-state index in [9.17, 15) is 19.2 Å². The number of benzene rings is 1. The Balaban J connectivity index is 2.30. The molecule has 212 valence electrons.